The number of aryl methyl sites for hydroxylation is 2. The third-order valence-corrected chi connectivity index (χ3v) is 5.59. The first kappa shape index (κ1) is 16.1. The van der Waals surface area contributed by atoms with Crippen LogP contribution >= 0.6 is 27.5 Å². The van der Waals surface area contributed by atoms with Gasteiger partial charge in [-0.05, 0) is 26.0 Å². The van der Waals surface area contributed by atoms with Crippen LogP contribution in [-0.2, 0) is 0 Å². The fourth-order valence-corrected chi connectivity index (χ4v) is 3.96. The zero-order valence-corrected chi connectivity index (χ0v) is 16.2. The van der Waals surface area contributed by atoms with Gasteiger partial charge in [-0.15, -0.1) is 10.2 Å². The average Bonchev–Trinajstić information content (AvgIpc) is 3.16. The van der Waals surface area contributed by atoms with E-state index in [1.165, 1.54) is 4.88 Å². The number of halogens is 1. The van der Waals surface area contributed by atoms with Crippen molar-refractivity contribution in [3.05, 3.63) is 76.8 Å². The van der Waals surface area contributed by atoms with Crippen molar-refractivity contribution in [1.82, 2.24) is 9.02 Å². The van der Waals surface area contributed by atoms with Crippen LogP contribution in [0.4, 0.5) is 10.8 Å². The minimum atomic E-state index is 0.801. The van der Waals surface area contributed by atoms with Crippen molar-refractivity contribution in [2.45, 2.75) is 13.8 Å². The minimum Gasteiger partial charge on any atom is -0.222 e. The van der Waals surface area contributed by atoms with Gasteiger partial charge in [-0.1, -0.05) is 59.9 Å². The Balaban J connectivity index is 1.82. The average molecular weight is 414 g/mol. The van der Waals surface area contributed by atoms with Crippen LogP contribution in [0.3, 0.4) is 0 Å². The number of anilines is 2. The van der Waals surface area contributed by atoms with Crippen molar-refractivity contribution >= 4 is 44.1 Å². The lowest BCUT2D eigenvalue weighted by molar-refractivity contribution is 0.631. The molecule has 0 N–H and O–H groups in total. The SMILES string of the molecule is Cc1nc(N2N=C(c3ccccc3)N(Br)N2c2ccccc2)sc1C. The second kappa shape index (κ2) is 6.50. The fraction of sp³-hybridized carbons (Fsp3) is 0.111. The number of nitrogens with zero attached hydrogens (tertiary/aromatic N) is 5. The molecule has 0 amide bonds. The summed E-state index contributed by atoms with van der Waals surface area (Å²) in [6, 6.07) is 20.2. The highest BCUT2D eigenvalue weighted by molar-refractivity contribution is 9.07. The standard InChI is InChI=1S/C18H16BrN5S/c1-13-14(2)25-18(20-13)23-21-17(15-9-5-3-6-10-15)22(19)24(23)16-11-7-4-8-12-16/h3-12H,1-2H3. The summed E-state index contributed by atoms with van der Waals surface area (Å²) >= 11 is 5.30. The number of hydrazine groups is 2. The molecule has 4 rings (SSSR count). The highest BCUT2D eigenvalue weighted by Gasteiger charge is 2.35. The molecule has 0 aliphatic carbocycles. The van der Waals surface area contributed by atoms with E-state index in [2.05, 4.69) is 28.1 Å². The van der Waals surface area contributed by atoms with Crippen LogP contribution in [-0.4, -0.2) is 14.9 Å². The molecule has 1 aromatic heterocycles. The summed E-state index contributed by atoms with van der Waals surface area (Å²) in [5.74, 6) is 0.801. The van der Waals surface area contributed by atoms with Gasteiger partial charge in [-0.25, -0.2) is 4.98 Å². The van der Waals surface area contributed by atoms with Gasteiger partial charge < -0.3 is 0 Å². The summed E-state index contributed by atoms with van der Waals surface area (Å²) in [5, 5.41) is 9.44. The molecule has 25 heavy (non-hydrogen) atoms. The van der Waals surface area contributed by atoms with Gasteiger partial charge in [0.25, 0.3) is 0 Å². The van der Waals surface area contributed by atoms with Gasteiger partial charge in [-0.3, -0.25) is 0 Å². The number of amidine groups is 1. The highest BCUT2D eigenvalue weighted by atomic mass is 79.9. The lowest BCUT2D eigenvalue weighted by Gasteiger charge is -2.30. The van der Waals surface area contributed by atoms with E-state index in [9.17, 15) is 0 Å². The number of hydrazone groups is 1. The number of thiazole rings is 1. The van der Waals surface area contributed by atoms with E-state index < -0.39 is 0 Å². The van der Waals surface area contributed by atoms with E-state index in [4.69, 9.17) is 5.10 Å². The van der Waals surface area contributed by atoms with Crippen molar-refractivity contribution in [3.63, 3.8) is 0 Å². The Hall–Kier alpha value is -2.38. The molecule has 0 spiro atoms. The monoisotopic (exact) mass is 413 g/mol. The topological polar surface area (TPSA) is 35.0 Å². The largest absolute Gasteiger partial charge is 0.230 e. The molecule has 126 valence electrons. The van der Waals surface area contributed by atoms with E-state index >= 15 is 0 Å². The second-order valence-corrected chi connectivity index (χ2v) is 7.46. The maximum absolute atomic E-state index is 4.82. The van der Waals surface area contributed by atoms with Gasteiger partial charge in [0, 0.05) is 10.4 Å². The van der Waals surface area contributed by atoms with Crippen molar-refractivity contribution < 1.29 is 0 Å². The van der Waals surface area contributed by atoms with E-state index in [0.29, 0.717) is 0 Å². The predicted octanol–water partition coefficient (Wildman–Crippen LogP) is 4.89. The van der Waals surface area contributed by atoms with Crippen molar-refractivity contribution in [3.8, 4) is 0 Å². The molecule has 0 atom stereocenters. The van der Waals surface area contributed by atoms with Gasteiger partial charge in [0.1, 0.15) is 0 Å². The molecule has 1 aliphatic heterocycles. The third kappa shape index (κ3) is 2.89. The Morgan fingerprint density at radius 2 is 1.56 bits per heavy atom. The molecule has 0 saturated heterocycles. The van der Waals surface area contributed by atoms with Gasteiger partial charge >= 0.3 is 0 Å². The van der Waals surface area contributed by atoms with Crippen molar-refractivity contribution in [1.29, 1.82) is 0 Å². The number of hydrogen-bond donors (Lipinski definition) is 0. The summed E-state index contributed by atoms with van der Waals surface area (Å²) in [5.41, 5.74) is 3.03. The molecular formula is C18H16BrN5S. The van der Waals surface area contributed by atoms with Crippen LogP contribution in [0.25, 0.3) is 0 Å². The zero-order chi connectivity index (χ0) is 17.4. The van der Waals surface area contributed by atoms with Crippen LogP contribution in [0.2, 0.25) is 0 Å². The Labute approximate surface area is 159 Å². The normalized spacial score (nSPS) is 14.2. The minimum absolute atomic E-state index is 0.801. The molecule has 0 unspecified atom stereocenters. The molecule has 1 aliphatic rings. The molecular weight excluding hydrogens is 398 g/mol. The first-order valence-corrected chi connectivity index (χ1v) is 9.37. The molecule has 2 aromatic carbocycles. The van der Waals surface area contributed by atoms with Gasteiger partial charge in [0.05, 0.1) is 27.5 Å². The van der Waals surface area contributed by atoms with Crippen LogP contribution < -0.4 is 10.2 Å². The van der Waals surface area contributed by atoms with E-state index in [1.54, 1.807) is 11.3 Å². The van der Waals surface area contributed by atoms with Crippen LogP contribution in [0, 0.1) is 13.8 Å². The molecule has 3 aromatic rings. The molecule has 7 heteroatoms. The lowest BCUT2D eigenvalue weighted by atomic mass is 10.2. The van der Waals surface area contributed by atoms with E-state index in [-0.39, 0.29) is 0 Å². The highest BCUT2D eigenvalue weighted by Crippen LogP contribution is 2.35. The van der Waals surface area contributed by atoms with Gasteiger partial charge in [-0.2, -0.15) is 9.15 Å². The van der Waals surface area contributed by atoms with Gasteiger partial charge in [0.15, 0.2) is 5.84 Å². The maximum atomic E-state index is 4.82. The van der Waals surface area contributed by atoms with Crippen LogP contribution in [0.5, 0.6) is 0 Å². The molecule has 2 heterocycles. The Morgan fingerprint density at radius 3 is 2.16 bits per heavy atom. The second-order valence-electron chi connectivity index (χ2n) is 5.60. The number of para-hydroxylation sites is 1. The lowest BCUT2D eigenvalue weighted by Crippen LogP contribution is -2.42. The molecule has 0 radical (unpaired) electrons. The summed E-state index contributed by atoms with van der Waals surface area (Å²) in [6.07, 6.45) is 0. The van der Waals surface area contributed by atoms with Crippen molar-refractivity contribution in [2.24, 2.45) is 5.10 Å². The fourth-order valence-electron chi connectivity index (χ4n) is 2.52. The van der Waals surface area contributed by atoms with E-state index in [0.717, 1.165) is 27.9 Å². The summed E-state index contributed by atoms with van der Waals surface area (Å²) in [6.45, 7) is 4.10. The number of hydrogen-bond acceptors (Lipinski definition) is 6. The summed E-state index contributed by atoms with van der Waals surface area (Å²) in [7, 11) is 0. The molecule has 0 saturated carbocycles. The number of aromatic nitrogens is 1. The molecule has 5 nitrogen and oxygen atoms in total. The first-order valence-electron chi connectivity index (χ1n) is 7.84. The maximum Gasteiger partial charge on any atom is 0.230 e. The third-order valence-electron chi connectivity index (χ3n) is 3.92. The number of rotatable bonds is 3. The molecule has 0 bridgehead atoms. The van der Waals surface area contributed by atoms with Crippen molar-refractivity contribution in [2.75, 3.05) is 10.2 Å². The summed E-state index contributed by atoms with van der Waals surface area (Å²) in [4.78, 5) is 5.87. The zero-order valence-electron chi connectivity index (χ0n) is 13.8. The Kier molecular flexibility index (Phi) is 4.19. The van der Waals surface area contributed by atoms with Gasteiger partial charge in [0.2, 0.25) is 5.13 Å². The Morgan fingerprint density at radius 1 is 0.920 bits per heavy atom. The Bertz CT molecular complexity index is 890. The molecule has 0 fully saturated rings. The van der Waals surface area contributed by atoms with E-state index in [1.807, 2.05) is 81.9 Å². The first-order chi connectivity index (χ1) is 12.1. The quantitative estimate of drug-likeness (QED) is 0.572. The van der Waals surface area contributed by atoms with Crippen LogP contribution in [0.1, 0.15) is 16.1 Å². The smallest absolute Gasteiger partial charge is 0.222 e. The predicted molar refractivity (Wildman–Crippen MR) is 107 cm³/mol. The number of benzene rings is 2. The summed E-state index contributed by atoms with van der Waals surface area (Å²) < 4.78 is 1.86. The van der Waals surface area contributed by atoms with Crippen LogP contribution in [0.15, 0.2) is 65.8 Å².